The summed E-state index contributed by atoms with van der Waals surface area (Å²) in [6.07, 6.45) is 5.16. The monoisotopic (exact) mass is 228 g/mol. The van der Waals surface area contributed by atoms with Crippen LogP contribution in [0.25, 0.3) is 0 Å². The fraction of sp³-hybridized carbons (Fsp3) is 0.917. The van der Waals surface area contributed by atoms with Crippen LogP contribution < -0.4 is 10.6 Å². The van der Waals surface area contributed by atoms with Crippen molar-refractivity contribution < 1.29 is 9.90 Å². The SMILES string of the molecule is CCC(C)NC(=O)CNC1(CO)CCCC1. The lowest BCUT2D eigenvalue weighted by molar-refractivity contribution is -0.121. The number of aliphatic hydroxyl groups excluding tert-OH is 1. The van der Waals surface area contributed by atoms with Crippen molar-refractivity contribution in [3.05, 3.63) is 0 Å². The standard InChI is InChI=1S/C12H24N2O2/c1-3-10(2)14-11(16)8-13-12(9-15)6-4-5-7-12/h10,13,15H,3-9H2,1-2H3,(H,14,16). The predicted molar refractivity (Wildman–Crippen MR) is 64.2 cm³/mol. The number of nitrogens with one attached hydrogen (secondary N) is 2. The second kappa shape index (κ2) is 6.21. The summed E-state index contributed by atoms with van der Waals surface area (Å²) in [7, 11) is 0. The van der Waals surface area contributed by atoms with Crippen LogP contribution in [0.5, 0.6) is 0 Å². The van der Waals surface area contributed by atoms with E-state index in [2.05, 4.69) is 10.6 Å². The van der Waals surface area contributed by atoms with Gasteiger partial charge >= 0.3 is 0 Å². The molecule has 0 aromatic rings. The number of carbonyl (C=O) groups excluding carboxylic acids is 1. The van der Waals surface area contributed by atoms with Gasteiger partial charge < -0.3 is 15.7 Å². The molecule has 1 unspecified atom stereocenters. The van der Waals surface area contributed by atoms with Gasteiger partial charge in [0.05, 0.1) is 13.2 Å². The Bertz CT molecular complexity index is 225. The molecule has 0 heterocycles. The summed E-state index contributed by atoms with van der Waals surface area (Å²) in [4.78, 5) is 11.6. The van der Waals surface area contributed by atoms with Crippen LogP contribution in [0.1, 0.15) is 46.0 Å². The van der Waals surface area contributed by atoms with Crippen molar-refractivity contribution in [1.29, 1.82) is 0 Å². The fourth-order valence-electron chi connectivity index (χ4n) is 2.14. The van der Waals surface area contributed by atoms with Crippen LogP contribution >= 0.6 is 0 Å². The van der Waals surface area contributed by atoms with E-state index >= 15 is 0 Å². The Labute approximate surface area is 97.8 Å². The minimum atomic E-state index is -0.202. The van der Waals surface area contributed by atoms with Crippen molar-refractivity contribution in [3.8, 4) is 0 Å². The molecule has 1 aliphatic carbocycles. The second-order valence-electron chi connectivity index (χ2n) is 4.88. The van der Waals surface area contributed by atoms with Gasteiger partial charge in [-0.25, -0.2) is 0 Å². The summed E-state index contributed by atoms with van der Waals surface area (Å²) in [6, 6.07) is 0.225. The van der Waals surface area contributed by atoms with Crippen molar-refractivity contribution in [2.24, 2.45) is 0 Å². The van der Waals surface area contributed by atoms with Crippen molar-refractivity contribution in [3.63, 3.8) is 0 Å². The Morgan fingerprint density at radius 2 is 2.06 bits per heavy atom. The quantitative estimate of drug-likeness (QED) is 0.630. The molecule has 0 aromatic heterocycles. The largest absolute Gasteiger partial charge is 0.394 e. The molecule has 1 saturated carbocycles. The molecule has 0 bridgehead atoms. The third-order valence-electron chi connectivity index (χ3n) is 3.51. The first-order valence-electron chi connectivity index (χ1n) is 6.27. The maximum Gasteiger partial charge on any atom is 0.234 e. The topological polar surface area (TPSA) is 61.4 Å². The molecule has 3 N–H and O–H groups in total. The van der Waals surface area contributed by atoms with Crippen LogP contribution in [0.4, 0.5) is 0 Å². The molecule has 1 fully saturated rings. The normalized spacial score (nSPS) is 20.7. The third kappa shape index (κ3) is 3.76. The van der Waals surface area contributed by atoms with Gasteiger partial charge in [-0.3, -0.25) is 4.79 Å². The summed E-state index contributed by atoms with van der Waals surface area (Å²) in [5, 5.41) is 15.5. The van der Waals surface area contributed by atoms with Crippen LogP contribution in [-0.2, 0) is 4.79 Å². The van der Waals surface area contributed by atoms with Crippen molar-refractivity contribution in [2.45, 2.75) is 57.5 Å². The molecule has 1 aliphatic rings. The molecule has 0 aliphatic heterocycles. The van der Waals surface area contributed by atoms with E-state index in [0.29, 0.717) is 6.54 Å². The molecule has 0 radical (unpaired) electrons. The second-order valence-corrected chi connectivity index (χ2v) is 4.88. The van der Waals surface area contributed by atoms with Gasteiger partial charge in [-0.05, 0) is 26.2 Å². The van der Waals surface area contributed by atoms with Crippen molar-refractivity contribution in [1.82, 2.24) is 10.6 Å². The van der Waals surface area contributed by atoms with E-state index in [1.54, 1.807) is 0 Å². The van der Waals surface area contributed by atoms with Crippen molar-refractivity contribution in [2.75, 3.05) is 13.2 Å². The van der Waals surface area contributed by atoms with E-state index in [9.17, 15) is 9.90 Å². The van der Waals surface area contributed by atoms with Gasteiger partial charge in [-0.15, -0.1) is 0 Å². The smallest absolute Gasteiger partial charge is 0.234 e. The highest BCUT2D eigenvalue weighted by atomic mass is 16.3. The molecule has 1 amide bonds. The van der Waals surface area contributed by atoms with Crippen LogP contribution in [0.3, 0.4) is 0 Å². The Balaban J connectivity index is 2.29. The maximum absolute atomic E-state index is 11.6. The number of aliphatic hydroxyl groups is 1. The Kier molecular flexibility index (Phi) is 5.22. The zero-order valence-electron chi connectivity index (χ0n) is 10.4. The van der Waals surface area contributed by atoms with Gasteiger partial charge in [-0.1, -0.05) is 19.8 Å². The van der Waals surface area contributed by atoms with Gasteiger partial charge in [0.2, 0.25) is 5.91 Å². The van der Waals surface area contributed by atoms with Gasteiger partial charge in [0.25, 0.3) is 0 Å². The average Bonchev–Trinajstić information content (AvgIpc) is 2.75. The van der Waals surface area contributed by atoms with Gasteiger partial charge in [0, 0.05) is 11.6 Å². The molecule has 4 heteroatoms. The minimum Gasteiger partial charge on any atom is -0.394 e. The highest BCUT2D eigenvalue weighted by Gasteiger charge is 2.32. The highest BCUT2D eigenvalue weighted by molar-refractivity contribution is 5.78. The molecule has 16 heavy (non-hydrogen) atoms. The van der Waals surface area contributed by atoms with Crippen LogP contribution in [-0.4, -0.2) is 35.7 Å². The average molecular weight is 228 g/mol. The minimum absolute atomic E-state index is 0.0223. The summed E-state index contributed by atoms with van der Waals surface area (Å²) in [6.45, 7) is 4.48. The fourth-order valence-corrected chi connectivity index (χ4v) is 2.14. The zero-order chi connectivity index (χ0) is 12.0. The first-order valence-corrected chi connectivity index (χ1v) is 6.27. The molecular weight excluding hydrogens is 204 g/mol. The lowest BCUT2D eigenvalue weighted by Crippen LogP contribution is -2.50. The van der Waals surface area contributed by atoms with Gasteiger partial charge in [0.1, 0.15) is 0 Å². The van der Waals surface area contributed by atoms with E-state index in [0.717, 1.165) is 32.1 Å². The summed E-state index contributed by atoms with van der Waals surface area (Å²) >= 11 is 0. The molecule has 0 aromatic carbocycles. The lowest BCUT2D eigenvalue weighted by Gasteiger charge is -2.28. The first-order chi connectivity index (χ1) is 7.62. The van der Waals surface area contributed by atoms with Crippen LogP contribution in [0.2, 0.25) is 0 Å². The Morgan fingerprint density at radius 1 is 1.44 bits per heavy atom. The number of hydrogen-bond donors (Lipinski definition) is 3. The molecule has 0 saturated heterocycles. The van der Waals surface area contributed by atoms with Crippen LogP contribution in [0.15, 0.2) is 0 Å². The molecule has 4 nitrogen and oxygen atoms in total. The number of amides is 1. The molecule has 0 spiro atoms. The van der Waals surface area contributed by atoms with Crippen LogP contribution in [0, 0.1) is 0 Å². The van der Waals surface area contributed by atoms with Gasteiger partial charge in [0.15, 0.2) is 0 Å². The van der Waals surface area contributed by atoms with E-state index < -0.39 is 0 Å². The number of carbonyl (C=O) groups is 1. The van der Waals surface area contributed by atoms with Crippen molar-refractivity contribution >= 4 is 5.91 Å². The lowest BCUT2D eigenvalue weighted by atomic mass is 9.99. The predicted octanol–water partition coefficient (Wildman–Crippen LogP) is 0.796. The molecular formula is C12H24N2O2. The summed E-state index contributed by atoms with van der Waals surface area (Å²) in [5.74, 6) is 0.0223. The molecule has 94 valence electrons. The van der Waals surface area contributed by atoms with Gasteiger partial charge in [-0.2, -0.15) is 0 Å². The summed E-state index contributed by atoms with van der Waals surface area (Å²) in [5.41, 5.74) is -0.202. The van der Waals surface area contributed by atoms with E-state index in [1.165, 1.54) is 0 Å². The molecule has 1 atom stereocenters. The van der Waals surface area contributed by atoms with E-state index in [1.807, 2.05) is 13.8 Å². The zero-order valence-corrected chi connectivity index (χ0v) is 10.4. The highest BCUT2D eigenvalue weighted by Crippen LogP contribution is 2.28. The Hall–Kier alpha value is -0.610. The third-order valence-corrected chi connectivity index (χ3v) is 3.51. The summed E-state index contributed by atoms with van der Waals surface area (Å²) < 4.78 is 0. The Morgan fingerprint density at radius 3 is 2.56 bits per heavy atom. The number of hydrogen-bond acceptors (Lipinski definition) is 3. The maximum atomic E-state index is 11.6. The molecule has 1 rings (SSSR count). The van der Waals surface area contributed by atoms with E-state index in [4.69, 9.17) is 0 Å². The van der Waals surface area contributed by atoms with E-state index in [-0.39, 0.29) is 24.1 Å². The first kappa shape index (κ1) is 13.5. The number of rotatable bonds is 6.